The van der Waals surface area contributed by atoms with E-state index < -0.39 is 30.2 Å². The van der Waals surface area contributed by atoms with Crippen LogP contribution in [0, 0.1) is 0 Å². The number of carboxylic acid groups (broad SMARTS) is 1. The summed E-state index contributed by atoms with van der Waals surface area (Å²) in [6.45, 7) is 6.93. The molecule has 40 heavy (non-hydrogen) atoms. The summed E-state index contributed by atoms with van der Waals surface area (Å²) in [5.74, 6) is -3.17. The Hall–Kier alpha value is -4.10. The van der Waals surface area contributed by atoms with Gasteiger partial charge in [-0.3, -0.25) is 4.79 Å². The minimum absolute atomic E-state index is 0.0843. The van der Waals surface area contributed by atoms with Gasteiger partial charge in [-0.25, -0.2) is 14.6 Å². The van der Waals surface area contributed by atoms with Crippen LogP contribution in [0.2, 0.25) is 0 Å². The molecule has 1 aromatic heterocycles. The van der Waals surface area contributed by atoms with E-state index in [1.807, 2.05) is 13.8 Å². The number of likely N-dealkylation sites (tertiary alicyclic amines) is 1. The molecule has 11 nitrogen and oxygen atoms in total. The number of rotatable bonds is 11. The normalized spacial score (nSPS) is 14.0. The van der Waals surface area contributed by atoms with Crippen LogP contribution in [0.5, 0.6) is 5.75 Å². The lowest BCUT2D eigenvalue weighted by Crippen LogP contribution is -2.42. The van der Waals surface area contributed by atoms with Crippen LogP contribution in [0.3, 0.4) is 0 Å². The van der Waals surface area contributed by atoms with Gasteiger partial charge >= 0.3 is 24.1 Å². The Balaban J connectivity index is 1.87. The van der Waals surface area contributed by atoms with E-state index in [-0.39, 0.29) is 30.4 Å². The van der Waals surface area contributed by atoms with E-state index in [1.165, 1.54) is 19.1 Å². The molecule has 1 fully saturated rings. The van der Waals surface area contributed by atoms with Gasteiger partial charge in [-0.2, -0.15) is 18.2 Å². The number of hydrogen-bond donors (Lipinski definition) is 2. The van der Waals surface area contributed by atoms with E-state index in [9.17, 15) is 32.7 Å². The summed E-state index contributed by atoms with van der Waals surface area (Å²) in [5, 5.41) is 12.6. The summed E-state index contributed by atoms with van der Waals surface area (Å²) in [5.41, 5.74) is 0.260. The number of hydrogen-bond acceptors (Lipinski definition) is 8. The van der Waals surface area contributed by atoms with Crippen molar-refractivity contribution in [2.24, 2.45) is 0 Å². The smallest absolute Gasteiger partial charge is 0.471 e. The van der Waals surface area contributed by atoms with E-state index >= 15 is 0 Å². The van der Waals surface area contributed by atoms with Crippen molar-refractivity contribution in [3.63, 3.8) is 0 Å². The quantitative estimate of drug-likeness (QED) is 0.416. The third kappa shape index (κ3) is 7.51. The van der Waals surface area contributed by atoms with E-state index in [4.69, 9.17) is 4.74 Å². The summed E-state index contributed by atoms with van der Waals surface area (Å²) in [6, 6.07) is 4.95. The summed E-state index contributed by atoms with van der Waals surface area (Å²) in [6.07, 6.45) is -2.77. The van der Waals surface area contributed by atoms with Crippen molar-refractivity contribution in [3.05, 3.63) is 36.0 Å². The molecule has 0 radical (unpaired) electrons. The van der Waals surface area contributed by atoms with Crippen molar-refractivity contribution in [1.82, 2.24) is 14.9 Å². The molecule has 3 rings (SSSR count). The molecule has 1 saturated heterocycles. The second kappa shape index (κ2) is 13.3. The first-order valence-electron chi connectivity index (χ1n) is 13.0. The number of halogens is 3. The van der Waals surface area contributed by atoms with Crippen LogP contribution in [0.25, 0.3) is 0 Å². The molecule has 0 spiro atoms. The van der Waals surface area contributed by atoms with Crippen LogP contribution >= 0.6 is 0 Å². The number of nitrogens with zero attached hydrogens (tertiary/aromatic N) is 5. The molecule has 0 saturated carbocycles. The van der Waals surface area contributed by atoms with Gasteiger partial charge in [-0.05, 0) is 51.3 Å². The maximum Gasteiger partial charge on any atom is 0.471 e. The second-order valence-electron chi connectivity index (χ2n) is 9.07. The highest BCUT2D eigenvalue weighted by molar-refractivity contribution is 5.99. The average Bonchev–Trinajstić information content (AvgIpc) is 3.46. The first kappa shape index (κ1) is 30.4. The molecule has 1 atom stereocenters. The number of alkyl halides is 3. The number of amides is 2. The van der Waals surface area contributed by atoms with Gasteiger partial charge in [-0.1, -0.05) is 12.1 Å². The van der Waals surface area contributed by atoms with Gasteiger partial charge in [0.25, 0.3) is 0 Å². The van der Waals surface area contributed by atoms with Crippen molar-refractivity contribution < 1.29 is 37.4 Å². The van der Waals surface area contributed by atoms with Gasteiger partial charge in [-0.15, -0.1) is 0 Å². The van der Waals surface area contributed by atoms with Crippen LogP contribution in [0.4, 0.5) is 35.4 Å². The first-order chi connectivity index (χ1) is 19.0. The molecular weight excluding hydrogens is 533 g/mol. The molecule has 1 aliphatic heterocycles. The van der Waals surface area contributed by atoms with Crippen molar-refractivity contribution in [2.75, 3.05) is 47.8 Å². The molecule has 1 aromatic carbocycles. The van der Waals surface area contributed by atoms with E-state index in [2.05, 4.69) is 15.3 Å². The zero-order valence-electron chi connectivity index (χ0n) is 22.6. The zero-order chi connectivity index (χ0) is 29.4. The van der Waals surface area contributed by atoms with Gasteiger partial charge in [0.2, 0.25) is 5.95 Å². The standard InChI is InChI=1S/C26H33F3N6O5/c1-4-33(5-2)24-30-16-20(35(6-3)23(38)26(27,28)29)21(32-24)31-19(22(36)37)15-17-9-11-18(12-10-17)40-25(39)34-13-7-8-14-34/h9-12,16,19H,4-8,13-15H2,1-3H3,(H,36,37)(H,30,31,32)/t19-/m0/s1. The number of anilines is 3. The minimum Gasteiger partial charge on any atom is -0.480 e. The number of ether oxygens (including phenoxy) is 1. The highest BCUT2D eigenvalue weighted by atomic mass is 19.4. The Morgan fingerprint density at radius 3 is 2.23 bits per heavy atom. The van der Waals surface area contributed by atoms with Gasteiger partial charge in [0.05, 0.1) is 6.20 Å². The molecular formula is C26H33F3N6O5. The van der Waals surface area contributed by atoms with Crippen molar-refractivity contribution in [2.45, 2.75) is 52.3 Å². The van der Waals surface area contributed by atoms with Crippen molar-refractivity contribution in [3.8, 4) is 5.75 Å². The van der Waals surface area contributed by atoms with Crippen molar-refractivity contribution >= 4 is 35.4 Å². The highest BCUT2D eigenvalue weighted by Crippen LogP contribution is 2.30. The number of aliphatic carboxylic acids is 1. The summed E-state index contributed by atoms with van der Waals surface area (Å²) in [7, 11) is 0. The first-order valence-corrected chi connectivity index (χ1v) is 13.0. The monoisotopic (exact) mass is 566 g/mol. The average molecular weight is 567 g/mol. The fraction of sp³-hybridized carbons (Fsp3) is 0.500. The summed E-state index contributed by atoms with van der Waals surface area (Å²) < 4.78 is 45.3. The SMILES string of the molecule is CCN(CC)c1ncc(N(CC)C(=O)C(F)(F)F)c(N[C@@H](Cc2ccc(OC(=O)N3CCCC3)cc2)C(=O)O)n1. The lowest BCUT2D eigenvalue weighted by atomic mass is 10.1. The molecule has 1 aliphatic rings. The van der Waals surface area contributed by atoms with Crippen LogP contribution < -0.4 is 19.9 Å². The molecule has 14 heteroatoms. The highest BCUT2D eigenvalue weighted by Gasteiger charge is 2.43. The molecule has 218 valence electrons. The number of benzene rings is 1. The lowest BCUT2D eigenvalue weighted by Gasteiger charge is -2.27. The molecule has 2 aromatic rings. The Kier molecular flexibility index (Phi) is 10.1. The van der Waals surface area contributed by atoms with Gasteiger partial charge in [0.15, 0.2) is 5.82 Å². The fourth-order valence-electron chi connectivity index (χ4n) is 4.26. The third-order valence-electron chi connectivity index (χ3n) is 6.44. The van der Waals surface area contributed by atoms with Crippen molar-refractivity contribution in [1.29, 1.82) is 0 Å². The summed E-state index contributed by atoms with van der Waals surface area (Å²) in [4.78, 5) is 48.8. The molecule has 0 aliphatic carbocycles. The van der Waals surface area contributed by atoms with E-state index in [0.717, 1.165) is 19.0 Å². The Labute approximate surface area is 229 Å². The van der Waals surface area contributed by atoms with E-state index in [1.54, 1.807) is 21.9 Å². The molecule has 2 N–H and O–H groups in total. The number of carbonyl (C=O) groups is 3. The summed E-state index contributed by atoms with van der Waals surface area (Å²) >= 11 is 0. The van der Waals surface area contributed by atoms with Crippen LogP contribution in [0.1, 0.15) is 39.2 Å². The maximum absolute atomic E-state index is 13.3. The molecule has 2 amide bonds. The topological polar surface area (TPSA) is 128 Å². The number of carbonyl (C=O) groups excluding carboxylic acids is 2. The zero-order valence-corrected chi connectivity index (χ0v) is 22.6. The predicted molar refractivity (Wildman–Crippen MR) is 142 cm³/mol. The van der Waals surface area contributed by atoms with Crippen LogP contribution in [-0.2, 0) is 16.0 Å². The predicted octanol–water partition coefficient (Wildman–Crippen LogP) is 3.94. The Morgan fingerprint density at radius 1 is 1.07 bits per heavy atom. The fourth-order valence-corrected chi connectivity index (χ4v) is 4.26. The maximum atomic E-state index is 13.3. The number of nitrogens with one attached hydrogen (secondary N) is 1. The van der Waals surface area contributed by atoms with Crippen LogP contribution in [0.15, 0.2) is 30.5 Å². The molecule has 0 bridgehead atoms. The van der Waals surface area contributed by atoms with Gasteiger partial charge in [0, 0.05) is 39.1 Å². The van der Waals surface area contributed by atoms with Crippen LogP contribution in [-0.4, -0.2) is 82.9 Å². The Morgan fingerprint density at radius 2 is 1.70 bits per heavy atom. The van der Waals surface area contributed by atoms with Gasteiger partial charge < -0.3 is 29.9 Å². The van der Waals surface area contributed by atoms with E-state index in [0.29, 0.717) is 42.4 Å². The Bertz CT molecular complexity index is 1180. The largest absolute Gasteiger partial charge is 0.480 e. The second-order valence-corrected chi connectivity index (χ2v) is 9.07. The number of carboxylic acids is 1. The lowest BCUT2D eigenvalue weighted by molar-refractivity contribution is -0.170. The third-order valence-corrected chi connectivity index (χ3v) is 6.44. The molecule has 2 heterocycles. The van der Waals surface area contributed by atoms with Gasteiger partial charge in [0.1, 0.15) is 17.5 Å². The molecule has 0 unspecified atom stereocenters. The minimum atomic E-state index is -5.16. The number of aromatic nitrogens is 2.